The van der Waals surface area contributed by atoms with Crippen molar-refractivity contribution < 1.29 is 4.74 Å². The highest BCUT2D eigenvalue weighted by Gasteiger charge is 2.35. The summed E-state index contributed by atoms with van der Waals surface area (Å²) in [7, 11) is 1.75. The first-order chi connectivity index (χ1) is 10.0. The minimum absolute atomic E-state index is 0.160. The molecular weight excluding hydrogens is 258 g/mol. The van der Waals surface area contributed by atoms with Crippen molar-refractivity contribution in [2.24, 2.45) is 5.92 Å². The molecule has 0 bridgehead atoms. The molecule has 21 heavy (non-hydrogen) atoms. The van der Waals surface area contributed by atoms with Gasteiger partial charge in [-0.1, -0.05) is 19.8 Å². The van der Waals surface area contributed by atoms with E-state index >= 15 is 0 Å². The Hall–Kier alpha value is -1.46. The highest BCUT2D eigenvalue weighted by molar-refractivity contribution is 5.53. The Bertz CT molecular complexity index is 578. The SMILES string of the molecule is C#Cc1cc(OC)c2c(c1)C(C)(C)CCC2NCC1CC1. The topological polar surface area (TPSA) is 21.3 Å². The van der Waals surface area contributed by atoms with Crippen LogP contribution in [0.1, 0.15) is 62.3 Å². The number of hydrogen-bond donors (Lipinski definition) is 1. The summed E-state index contributed by atoms with van der Waals surface area (Å²) in [6.45, 7) is 5.75. The van der Waals surface area contributed by atoms with E-state index < -0.39 is 0 Å². The Morgan fingerprint density at radius 3 is 2.71 bits per heavy atom. The van der Waals surface area contributed by atoms with Crippen molar-refractivity contribution in [3.8, 4) is 18.1 Å². The quantitative estimate of drug-likeness (QED) is 0.849. The molecule has 2 nitrogen and oxygen atoms in total. The molecule has 1 aromatic rings. The fourth-order valence-electron chi connectivity index (χ4n) is 3.42. The maximum atomic E-state index is 5.67. The van der Waals surface area contributed by atoms with Crippen LogP contribution in [0.15, 0.2) is 12.1 Å². The van der Waals surface area contributed by atoms with Gasteiger partial charge in [-0.3, -0.25) is 0 Å². The van der Waals surface area contributed by atoms with Crippen LogP contribution >= 0.6 is 0 Å². The molecule has 1 aromatic carbocycles. The van der Waals surface area contributed by atoms with Gasteiger partial charge in [-0.05, 0) is 61.3 Å². The Morgan fingerprint density at radius 1 is 1.33 bits per heavy atom. The van der Waals surface area contributed by atoms with Gasteiger partial charge in [-0.2, -0.15) is 0 Å². The van der Waals surface area contributed by atoms with E-state index in [-0.39, 0.29) is 5.41 Å². The van der Waals surface area contributed by atoms with Crippen molar-refractivity contribution in [1.29, 1.82) is 0 Å². The van der Waals surface area contributed by atoms with Crippen LogP contribution in [-0.2, 0) is 5.41 Å². The molecule has 0 aliphatic heterocycles. The van der Waals surface area contributed by atoms with Gasteiger partial charge >= 0.3 is 0 Å². The molecule has 0 heterocycles. The summed E-state index contributed by atoms with van der Waals surface area (Å²) in [4.78, 5) is 0. The van der Waals surface area contributed by atoms with Crippen molar-refractivity contribution >= 4 is 0 Å². The normalized spacial score (nSPS) is 23.2. The standard InChI is InChI=1S/C19H25NO/c1-5-13-10-15-18(17(11-13)21-4)16(8-9-19(15,2)3)20-12-14-6-7-14/h1,10-11,14,16,20H,6-9,12H2,2-4H3. The molecule has 1 unspecified atom stereocenters. The number of methoxy groups -OCH3 is 1. The van der Waals surface area contributed by atoms with Crippen LogP contribution in [0.25, 0.3) is 0 Å². The number of rotatable bonds is 4. The van der Waals surface area contributed by atoms with Gasteiger partial charge < -0.3 is 10.1 Å². The summed E-state index contributed by atoms with van der Waals surface area (Å²) in [6, 6.07) is 4.59. The number of benzene rings is 1. The lowest BCUT2D eigenvalue weighted by atomic mass is 9.70. The largest absolute Gasteiger partial charge is 0.496 e. The molecule has 0 amide bonds. The molecule has 3 rings (SSSR count). The van der Waals surface area contributed by atoms with Crippen LogP contribution in [0.4, 0.5) is 0 Å². The lowest BCUT2D eigenvalue weighted by molar-refractivity contribution is 0.334. The molecule has 0 spiro atoms. The molecule has 112 valence electrons. The molecular formula is C19H25NO. The van der Waals surface area contributed by atoms with E-state index in [1.54, 1.807) is 7.11 Å². The fraction of sp³-hybridized carbons (Fsp3) is 0.579. The fourth-order valence-corrected chi connectivity index (χ4v) is 3.42. The van der Waals surface area contributed by atoms with E-state index in [4.69, 9.17) is 11.2 Å². The molecule has 2 aliphatic carbocycles. The molecule has 1 atom stereocenters. The zero-order chi connectivity index (χ0) is 15.0. The Morgan fingerprint density at radius 2 is 2.10 bits per heavy atom. The number of fused-ring (bicyclic) bond motifs is 1. The Labute approximate surface area is 128 Å². The molecule has 1 saturated carbocycles. The van der Waals surface area contributed by atoms with Gasteiger partial charge in [0.1, 0.15) is 5.75 Å². The first-order valence-corrected chi connectivity index (χ1v) is 7.97. The third-order valence-corrected chi connectivity index (χ3v) is 5.01. The minimum Gasteiger partial charge on any atom is -0.496 e. The van der Waals surface area contributed by atoms with E-state index in [9.17, 15) is 0 Å². The van der Waals surface area contributed by atoms with E-state index in [2.05, 4.69) is 31.2 Å². The van der Waals surface area contributed by atoms with Crippen molar-refractivity contribution in [1.82, 2.24) is 5.32 Å². The van der Waals surface area contributed by atoms with Crippen molar-refractivity contribution in [3.05, 3.63) is 28.8 Å². The van der Waals surface area contributed by atoms with Gasteiger partial charge in [0.2, 0.25) is 0 Å². The second-order valence-electron chi connectivity index (χ2n) is 7.11. The predicted molar refractivity (Wildman–Crippen MR) is 86.7 cm³/mol. The average Bonchev–Trinajstić information content (AvgIpc) is 3.29. The van der Waals surface area contributed by atoms with Gasteiger partial charge in [-0.15, -0.1) is 6.42 Å². The molecule has 0 aromatic heterocycles. The van der Waals surface area contributed by atoms with E-state index in [0.717, 1.165) is 23.8 Å². The van der Waals surface area contributed by atoms with E-state index in [1.807, 2.05) is 6.07 Å². The monoisotopic (exact) mass is 283 g/mol. The molecule has 1 fully saturated rings. The first-order valence-electron chi connectivity index (χ1n) is 7.97. The highest BCUT2D eigenvalue weighted by atomic mass is 16.5. The first kappa shape index (κ1) is 14.5. The second kappa shape index (κ2) is 5.39. The molecule has 0 radical (unpaired) electrons. The van der Waals surface area contributed by atoms with E-state index in [1.165, 1.54) is 36.8 Å². The van der Waals surface area contributed by atoms with Gasteiger partial charge in [0, 0.05) is 17.2 Å². The van der Waals surface area contributed by atoms with Crippen LogP contribution in [0.2, 0.25) is 0 Å². The summed E-state index contributed by atoms with van der Waals surface area (Å²) in [5.41, 5.74) is 3.76. The van der Waals surface area contributed by atoms with Gasteiger partial charge in [0.05, 0.1) is 7.11 Å². The van der Waals surface area contributed by atoms with E-state index in [0.29, 0.717) is 6.04 Å². The summed E-state index contributed by atoms with van der Waals surface area (Å²) in [5, 5.41) is 3.76. The Kier molecular flexibility index (Phi) is 3.71. The van der Waals surface area contributed by atoms with Crippen LogP contribution in [0, 0.1) is 18.3 Å². The zero-order valence-electron chi connectivity index (χ0n) is 13.3. The zero-order valence-corrected chi connectivity index (χ0v) is 13.3. The van der Waals surface area contributed by atoms with Gasteiger partial charge in [-0.25, -0.2) is 0 Å². The summed E-state index contributed by atoms with van der Waals surface area (Å²) >= 11 is 0. The van der Waals surface area contributed by atoms with Gasteiger partial charge in [0.15, 0.2) is 0 Å². The summed E-state index contributed by atoms with van der Waals surface area (Å²) in [5.74, 6) is 4.60. The smallest absolute Gasteiger partial charge is 0.125 e. The summed E-state index contributed by atoms with van der Waals surface area (Å²) < 4.78 is 5.67. The van der Waals surface area contributed by atoms with Gasteiger partial charge in [0.25, 0.3) is 0 Å². The maximum Gasteiger partial charge on any atom is 0.125 e. The highest BCUT2D eigenvalue weighted by Crippen LogP contribution is 2.46. The lowest BCUT2D eigenvalue weighted by Crippen LogP contribution is -2.34. The molecule has 2 heteroatoms. The third-order valence-electron chi connectivity index (χ3n) is 5.01. The molecule has 1 N–H and O–H groups in total. The van der Waals surface area contributed by atoms with Crippen molar-refractivity contribution in [3.63, 3.8) is 0 Å². The second-order valence-corrected chi connectivity index (χ2v) is 7.11. The van der Waals surface area contributed by atoms with Crippen LogP contribution in [0.3, 0.4) is 0 Å². The number of nitrogens with one attached hydrogen (secondary N) is 1. The molecule has 0 saturated heterocycles. The predicted octanol–water partition coefficient (Wildman–Crippen LogP) is 3.79. The minimum atomic E-state index is 0.160. The van der Waals surface area contributed by atoms with Crippen LogP contribution in [0.5, 0.6) is 5.75 Å². The van der Waals surface area contributed by atoms with Crippen LogP contribution in [-0.4, -0.2) is 13.7 Å². The number of hydrogen-bond acceptors (Lipinski definition) is 2. The van der Waals surface area contributed by atoms with Crippen LogP contribution < -0.4 is 10.1 Å². The Balaban J connectivity index is 2.01. The maximum absolute atomic E-state index is 5.67. The average molecular weight is 283 g/mol. The third kappa shape index (κ3) is 2.80. The number of terminal acetylenes is 1. The lowest BCUT2D eigenvalue weighted by Gasteiger charge is -2.38. The summed E-state index contributed by atoms with van der Waals surface area (Å²) in [6.07, 6.45) is 10.7. The number of ether oxygens (including phenoxy) is 1. The van der Waals surface area contributed by atoms with Crippen molar-refractivity contribution in [2.45, 2.75) is 51.0 Å². The van der Waals surface area contributed by atoms with Crippen molar-refractivity contribution in [2.75, 3.05) is 13.7 Å². The molecule has 2 aliphatic rings.